The fourth-order valence-electron chi connectivity index (χ4n) is 12.6. The summed E-state index contributed by atoms with van der Waals surface area (Å²) in [6.45, 7) is 0. The van der Waals surface area contributed by atoms with E-state index >= 15 is 0 Å². The first kappa shape index (κ1) is 72.4. The van der Waals surface area contributed by atoms with Crippen LogP contribution in [0.2, 0.25) is 0 Å². The van der Waals surface area contributed by atoms with Crippen LogP contribution in [-0.4, -0.2) is 66.3 Å². The molecule has 506 valence electrons. The van der Waals surface area contributed by atoms with Crippen LogP contribution < -0.4 is 0 Å². The van der Waals surface area contributed by atoms with Crippen molar-refractivity contribution in [1.29, 1.82) is 0 Å². The van der Waals surface area contributed by atoms with E-state index < -0.39 is 20.6 Å². The molecule has 8 heterocycles. The molecule has 0 saturated heterocycles. The van der Waals surface area contributed by atoms with Gasteiger partial charge >= 0.3 is 230 Å². The van der Waals surface area contributed by atoms with Crippen molar-refractivity contribution in [2.24, 2.45) is 0 Å². The van der Waals surface area contributed by atoms with Crippen LogP contribution in [0.3, 0.4) is 0 Å². The zero-order valence-corrected chi connectivity index (χ0v) is 67.0. The smallest absolute Gasteiger partial charge is 0.0571 e. The molecule has 0 amide bonds. The van der Waals surface area contributed by atoms with Gasteiger partial charge in [-0.3, -0.25) is 14.0 Å². The van der Waals surface area contributed by atoms with Crippen molar-refractivity contribution in [3.8, 4) is 89.5 Å². The van der Waals surface area contributed by atoms with E-state index in [2.05, 4.69) is 154 Å². The van der Waals surface area contributed by atoms with Crippen LogP contribution in [0.4, 0.5) is 0 Å². The fraction of sp³-hybridized carbons (Fsp3) is 0. The molecule has 11 nitrogen and oxygen atoms in total. The Balaban J connectivity index is 0.000000121. The third-order valence-electron chi connectivity index (χ3n) is 17.5. The number of rotatable bonds is 8. The fourth-order valence-corrected chi connectivity index (χ4v) is 19.3. The summed E-state index contributed by atoms with van der Waals surface area (Å²) in [5, 5.41) is 23.2. The summed E-state index contributed by atoms with van der Waals surface area (Å²) in [5.74, 6) is 0. The van der Waals surface area contributed by atoms with Crippen molar-refractivity contribution in [3.05, 3.63) is 341 Å². The molecular formula is C84H52N8O3Pt4S3Se+4. The third kappa shape index (κ3) is 14.5. The Morgan fingerprint density at radius 2 is 0.728 bits per heavy atom. The molecule has 0 saturated carbocycles. The molecule has 103 heavy (non-hydrogen) atoms. The molecule has 0 aliphatic carbocycles. The van der Waals surface area contributed by atoms with Gasteiger partial charge in [0.2, 0.25) is 9.84 Å². The Hall–Kier alpha value is -8.93. The first-order valence-electron chi connectivity index (χ1n) is 31.8. The second-order valence-corrected chi connectivity index (χ2v) is 30.2. The molecule has 19 heteroatoms. The van der Waals surface area contributed by atoms with Crippen LogP contribution in [0.15, 0.2) is 336 Å². The molecule has 12 aromatic carbocycles. The molecule has 0 fully saturated rings. The minimum Gasteiger partial charge on any atom is -0.265 e. The van der Waals surface area contributed by atoms with Crippen LogP contribution >= 0.6 is 11.3 Å². The Kier molecular flexibility index (Phi) is 22.2. The number of sulfone groups is 1. The van der Waals surface area contributed by atoms with Gasteiger partial charge in [-0.1, -0.05) is 91.0 Å². The summed E-state index contributed by atoms with van der Waals surface area (Å²) < 4.78 is 51.4. The summed E-state index contributed by atoms with van der Waals surface area (Å²) in [5.41, 5.74) is 15.7. The van der Waals surface area contributed by atoms with E-state index in [0.717, 1.165) is 88.2 Å². The topological polar surface area (TPSA) is 122 Å². The normalized spacial score (nSPS) is 12.4. The van der Waals surface area contributed by atoms with Crippen LogP contribution in [-0.2, 0) is 105 Å². The molecule has 0 radical (unpaired) electrons. The molecule has 2 aliphatic heterocycles. The van der Waals surface area contributed by atoms with E-state index in [1.165, 1.54) is 50.6 Å². The van der Waals surface area contributed by atoms with Crippen molar-refractivity contribution in [3.63, 3.8) is 0 Å². The van der Waals surface area contributed by atoms with Crippen molar-refractivity contribution in [2.45, 2.75) is 19.6 Å². The summed E-state index contributed by atoms with van der Waals surface area (Å²) in [6, 6.07) is 101. The molecule has 1 unspecified atom stereocenters. The van der Waals surface area contributed by atoms with Crippen molar-refractivity contribution >= 4 is 85.9 Å². The first-order chi connectivity index (χ1) is 48.7. The molecule has 0 spiro atoms. The molecule has 1 atom stereocenters. The molecule has 0 N–H and O–H groups in total. The second-order valence-electron chi connectivity index (χ2n) is 23.5. The molecular weight excluding hydrogens is 2120 g/mol. The first-order valence-corrected chi connectivity index (χ1v) is 36.9. The van der Waals surface area contributed by atoms with Gasteiger partial charge in [-0.25, -0.2) is 12.6 Å². The minimum absolute atomic E-state index is 0. The Morgan fingerprint density at radius 3 is 1.28 bits per heavy atom. The molecule has 18 aromatic rings. The molecule has 2 aliphatic rings. The van der Waals surface area contributed by atoms with Crippen molar-refractivity contribution < 1.29 is 96.9 Å². The predicted molar refractivity (Wildman–Crippen MR) is 397 cm³/mol. The predicted octanol–water partition coefficient (Wildman–Crippen LogP) is 19.0. The van der Waals surface area contributed by atoms with Gasteiger partial charge in [0.15, 0.2) is 0 Å². The number of nitrogens with zero attached hydrogens (tertiary/aromatic N) is 8. The maximum atomic E-state index is 12.9. The number of benzene rings is 12. The van der Waals surface area contributed by atoms with Gasteiger partial charge in [-0.2, -0.15) is 88.1 Å². The minimum atomic E-state index is -3.47. The maximum absolute atomic E-state index is 12.9. The van der Waals surface area contributed by atoms with E-state index in [4.69, 9.17) is 0 Å². The van der Waals surface area contributed by atoms with Gasteiger partial charge < -0.3 is 0 Å². The van der Waals surface area contributed by atoms with E-state index in [0.29, 0.717) is 24.3 Å². The maximum Gasteiger partial charge on any atom is 0.0571 e. The number of aromatic nitrogens is 8. The largest absolute Gasteiger partial charge is 0.265 e. The quantitative estimate of drug-likeness (QED) is 0.110. The zero-order valence-electron chi connectivity index (χ0n) is 53.7. The van der Waals surface area contributed by atoms with Gasteiger partial charge in [-0.05, 0) is 81.3 Å². The average Bonchev–Trinajstić information content (AvgIpc) is 1.58. The number of para-hydroxylation sites is 4. The number of fused-ring (bicyclic) bond motifs is 12. The summed E-state index contributed by atoms with van der Waals surface area (Å²) in [7, 11) is -4.59. The Morgan fingerprint density at radius 1 is 0.330 bits per heavy atom. The summed E-state index contributed by atoms with van der Waals surface area (Å²) in [4.78, 5) is 2.50. The second kappa shape index (κ2) is 31.6. The number of hydrogen-bond donors (Lipinski definition) is 0. The van der Waals surface area contributed by atoms with E-state index in [-0.39, 0.29) is 84.3 Å². The van der Waals surface area contributed by atoms with Gasteiger partial charge in [0.25, 0.3) is 0 Å². The SMILES string of the molecule is O=S1(=O)c2ccccc2-c2ccc(-c3cnn(-c4[c-]cccc4)c3)cc21.O=S1c2ccccc2-c2ccc(-c3cnn(-c4[c-]cccc4)c3)cc21.[Pt+2].[Pt+2].[Pt+2].[Pt+2].[c-]1ccccc1-n1cc(-c2ccc3c(c2)[se]c2ccccc23)cn1.[c-]1ccccc1-n1cc(-c2ccc3c(c2)sc2ccccc23)cn1. The third-order valence-corrected chi connectivity index (χ3v) is 24.3. The van der Waals surface area contributed by atoms with E-state index in [1.54, 1.807) is 33.8 Å². The van der Waals surface area contributed by atoms with Gasteiger partial charge in [0.1, 0.15) is 0 Å². The van der Waals surface area contributed by atoms with Crippen molar-refractivity contribution in [1.82, 2.24) is 39.1 Å². The average molecular weight is 2180 g/mol. The van der Waals surface area contributed by atoms with Crippen LogP contribution in [0.1, 0.15) is 0 Å². The Bertz CT molecular complexity index is 6010. The standard InChI is InChI=1S/C21H13N2O2S.C21H13N2OS.C21H13N2S.C21H13N2Se.4Pt/c24-26(25)20-9-5-4-8-18(20)19-11-10-15(12-21(19)26)16-13-22-23(14-16)17-6-2-1-3-7-17;24-25-20-9-5-4-8-18(20)19-11-10-15(12-21(19)25)16-13-22-23(14-16)17-6-2-1-3-7-17;2*1-2-6-17(7-3-1)23-14-16(13-22-23)15-10-11-19-18-8-4-5-9-20(18)24-21(19)12-15;;;;/h1-6,8-14H;1-6,8-14H;2*1-6,8-14H;;;;/q4*-1;4*+2. The van der Waals surface area contributed by atoms with Crippen molar-refractivity contribution in [2.75, 3.05) is 0 Å². The number of hydrogen-bond acceptors (Lipinski definition) is 8. The van der Waals surface area contributed by atoms with Gasteiger partial charge in [0, 0.05) is 66.6 Å². The monoisotopic (exact) mass is 2180 g/mol. The molecule has 6 aromatic heterocycles. The van der Waals surface area contributed by atoms with E-state index in [9.17, 15) is 12.6 Å². The van der Waals surface area contributed by atoms with E-state index in [1.807, 2.05) is 203 Å². The van der Waals surface area contributed by atoms with Crippen LogP contribution in [0.5, 0.6) is 0 Å². The van der Waals surface area contributed by atoms with Crippen LogP contribution in [0, 0.1) is 24.3 Å². The molecule has 20 rings (SSSR count). The van der Waals surface area contributed by atoms with Crippen LogP contribution in [0.25, 0.3) is 129 Å². The Labute approximate surface area is 664 Å². The number of thiophene rings is 1. The summed E-state index contributed by atoms with van der Waals surface area (Å²) >= 11 is 2.23. The summed E-state index contributed by atoms with van der Waals surface area (Å²) in [6.07, 6.45) is 15.4. The zero-order chi connectivity index (χ0) is 66.4. The molecule has 0 bridgehead atoms. The van der Waals surface area contributed by atoms with Gasteiger partial charge in [-0.15, -0.1) is 29.5 Å². The van der Waals surface area contributed by atoms with Gasteiger partial charge in [0.05, 0.1) is 49.0 Å².